The number of carbonyl (C=O) groups excluding carboxylic acids is 1. The number of pyridine rings is 1. The molecule has 0 aliphatic rings. The number of halogens is 1. The summed E-state index contributed by atoms with van der Waals surface area (Å²) in [6.45, 7) is 1.73. The number of nitrogens with zero attached hydrogens (tertiary/aromatic N) is 1. The third-order valence-corrected chi connectivity index (χ3v) is 6.21. The average Bonchev–Trinajstić information content (AvgIpc) is 2.78. The fourth-order valence-corrected chi connectivity index (χ4v) is 4.22. The number of nitrogens with one attached hydrogen (secondary N) is 1. The highest BCUT2D eigenvalue weighted by molar-refractivity contribution is 7.90. The lowest BCUT2D eigenvalue weighted by Gasteiger charge is -2.13. The number of benzene rings is 3. The largest absolute Gasteiger partial charge is 0.322 e. The summed E-state index contributed by atoms with van der Waals surface area (Å²) in [5.74, 6) is -0.908. The molecule has 0 bridgehead atoms. The highest BCUT2D eigenvalue weighted by atomic mass is 32.2. The predicted octanol–water partition coefficient (Wildman–Crippen LogP) is 5.52. The fourth-order valence-electron chi connectivity index (χ4n) is 3.57. The maximum absolute atomic E-state index is 14.1. The van der Waals surface area contributed by atoms with E-state index in [-0.39, 0.29) is 10.5 Å². The van der Waals surface area contributed by atoms with Crippen molar-refractivity contribution >= 4 is 21.4 Å². The minimum Gasteiger partial charge on any atom is -0.322 e. The van der Waals surface area contributed by atoms with Crippen molar-refractivity contribution in [3.05, 3.63) is 102 Å². The minimum atomic E-state index is -3.52. The predicted molar refractivity (Wildman–Crippen MR) is 127 cm³/mol. The van der Waals surface area contributed by atoms with Crippen molar-refractivity contribution in [3.63, 3.8) is 0 Å². The molecule has 5 nitrogen and oxygen atoms in total. The van der Waals surface area contributed by atoms with Crippen molar-refractivity contribution < 1.29 is 17.6 Å². The van der Waals surface area contributed by atoms with Gasteiger partial charge in [-0.05, 0) is 78.2 Å². The van der Waals surface area contributed by atoms with Crippen LogP contribution in [0.1, 0.15) is 15.9 Å². The van der Waals surface area contributed by atoms with Gasteiger partial charge in [0, 0.05) is 29.3 Å². The molecule has 0 aliphatic heterocycles. The summed E-state index contributed by atoms with van der Waals surface area (Å²) in [5.41, 5.74) is 3.80. The van der Waals surface area contributed by atoms with Gasteiger partial charge >= 0.3 is 0 Å². The second-order valence-electron chi connectivity index (χ2n) is 7.75. The molecule has 1 N–H and O–H groups in total. The molecule has 0 radical (unpaired) electrons. The first-order chi connectivity index (χ1) is 15.7. The molecule has 4 rings (SSSR count). The zero-order valence-corrected chi connectivity index (χ0v) is 18.9. The van der Waals surface area contributed by atoms with E-state index in [2.05, 4.69) is 10.3 Å². The molecule has 0 spiro atoms. The molecule has 1 heterocycles. The van der Waals surface area contributed by atoms with Crippen LogP contribution in [0.3, 0.4) is 0 Å². The van der Waals surface area contributed by atoms with Crippen molar-refractivity contribution in [3.8, 4) is 22.4 Å². The normalized spacial score (nSPS) is 11.2. The van der Waals surface area contributed by atoms with Crippen LogP contribution < -0.4 is 5.32 Å². The Balaban J connectivity index is 1.75. The van der Waals surface area contributed by atoms with Crippen molar-refractivity contribution in [1.82, 2.24) is 4.98 Å². The Morgan fingerprint density at radius 2 is 1.73 bits per heavy atom. The van der Waals surface area contributed by atoms with E-state index >= 15 is 0 Å². The number of hydrogen-bond acceptors (Lipinski definition) is 4. The molecular weight excluding hydrogens is 439 g/mol. The summed E-state index contributed by atoms with van der Waals surface area (Å²) in [4.78, 5) is 17.6. The number of hydrogen-bond donors (Lipinski definition) is 1. The van der Waals surface area contributed by atoms with Crippen LogP contribution in [0.2, 0.25) is 0 Å². The van der Waals surface area contributed by atoms with E-state index in [0.29, 0.717) is 22.4 Å². The molecule has 0 atom stereocenters. The van der Waals surface area contributed by atoms with Crippen LogP contribution in [0.5, 0.6) is 0 Å². The van der Waals surface area contributed by atoms with Gasteiger partial charge in [-0.1, -0.05) is 24.3 Å². The number of aryl methyl sites for hydroxylation is 1. The Hall–Kier alpha value is -3.84. The summed E-state index contributed by atoms with van der Waals surface area (Å²) in [6.07, 6.45) is 2.78. The maximum Gasteiger partial charge on any atom is 0.256 e. The van der Waals surface area contributed by atoms with E-state index in [9.17, 15) is 17.6 Å². The summed E-state index contributed by atoms with van der Waals surface area (Å²) < 4.78 is 38.3. The number of sulfone groups is 1. The quantitative estimate of drug-likeness (QED) is 0.426. The molecular formula is C26H21FN2O3S. The Morgan fingerprint density at radius 1 is 0.909 bits per heavy atom. The third kappa shape index (κ3) is 5.15. The number of anilines is 1. The number of rotatable bonds is 5. The molecule has 0 unspecified atom stereocenters. The van der Waals surface area contributed by atoms with E-state index in [0.717, 1.165) is 17.5 Å². The highest BCUT2D eigenvalue weighted by Gasteiger charge is 2.18. The van der Waals surface area contributed by atoms with E-state index in [1.165, 1.54) is 30.3 Å². The van der Waals surface area contributed by atoms with Gasteiger partial charge in [-0.25, -0.2) is 12.8 Å². The Morgan fingerprint density at radius 3 is 2.42 bits per heavy atom. The van der Waals surface area contributed by atoms with Crippen LogP contribution in [0.25, 0.3) is 22.4 Å². The molecule has 0 fully saturated rings. The lowest BCUT2D eigenvalue weighted by atomic mass is 9.97. The molecule has 0 aliphatic carbocycles. The first-order valence-electron chi connectivity index (χ1n) is 10.2. The molecule has 0 saturated heterocycles. The Kier molecular flexibility index (Phi) is 6.07. The highest BCUT2D eigenvalue weighted by Crippen LogP contribution is 2.30. The summed E-state index contributed by atoms with van der Waals surface area (Å²) >= 11 is 0. The van der Waals surface area contributed by atoms with Gasteiger partial charge in [0.2, 0.25) is 0 Å². The van der Waals surface area contributed by atoms with Crippen LogP contribution in [0.4, 0.5) is 10.1 Å². The molecule has 1 aromatic heterocycles. The molecule has 1 amide bonds. The average molecular weight is 461 g/mol. The standard InChI is InChI=1S/C26H21FN2O3S/c1-17-12-19(14-20(27)13-17)24-16-22(33(2,31)32)9-10-23(24)26(30)29-21-7-5-6-18(15-21)25-8-3-4-11-28-25/h3-16H,1-2H3,(H,29,30). The van der Waals surface area contributed by atoms with Gasteiger partial charge in [0.1, 0.15) is 5.82 Å². The number of amides is 1. The van der Waals surface area contributed by atoms with Crippen LogP contribution in [-0.2, 0) is 9.84 Å². The molecule has 166 valence electrons. The lowest BCUT2D eigenvalue weighted by Crippen LogP contribution is -2.14. The van der Waals surface area contributed by atoms with E-state index in [1.807, 2.05) is 30.3 Å². The third-order valence-electron chi connectivity index (χ3n) is 5.10. The van der Waals surface area contributed by atoms with Gasteiger partial charge in [-0.3, -0.25) is 9.78 Å². The molecule has 0 saturated carbocycles. The Labute approximate surface area is 191 Å². The van der Waals surface area contributed by atoms with E-state index < -0.39 is 21.6 Å². The monoisotopic (exact) mass is 460 g/mol. The SMILES string of the molecule is Cc1cc(F)cc(-c2cc(S(C)(=O)=O)ccc2C(=O)Nc2cccc(-c3ccccn3)c2)c1. The smallest absolute Gasteiger partial charge is 0.256 e. The second kappa shape index (κ2) is 8.96. The Bertz CT molecular complexity index is 1430. The van der Waals surface area contributed by atoms with Crippen molar-refractivity contribution in [2.45, 2.75) is 11.8 Å². The zero-order chi connectivity index (χ0) is 23.6. The maximum atomic E-state index is 14.1. The van der Waals surface area contributed by atoms with Gasteiger partial charge in [0.15, 0.2) is 9.84 Å². The van der Waals surface area contributed by atoms with Crippen LogP contribution in [0.15, 0.2) is 90.0 Å². The minimum absolute atomic E-state index is 0.0492. The van der Waals surface area contributed by atoms with Gasteiger partial charge in [0.25, 0.3) is 5.91 Å². The number of carbonyl (C=O) groups is 1. The second-order valence-corrected chi connectivity index (χ2v) is 9.76. The summed E-state index contributed by atoms with van der Waals surface area (Å²) in [6, 6.07) is 21.4. The van der Waals surface area contributed by atoms with Gasteiger partial charge in [-0.2, -0.15) is 0 Å². The van der Waals surface area contributed by atoms with Crippen LogP contribution >= 0.6 is 0 Å². The summed E-state index contributed by atoms with van der Waals surface area (Å²) in [5, 5.41) is 2.86. The zero-order valence-electron chi connectivity index (χ0n) is 18.0. The molecule has 33 heavy (non-hydrogen) atoms. The molecule has 3 aromatic carbocycles. The van der Waals surface area contributed by atoms with Crippen molar-refractivity contribution in [1.29, 1.82) is 0 Å². The van der Waals surface area contributed by atoms with Crippen molar-refractivity contribution in [2.24, 2.45) is 0 Å². The topological polar surface area (TPSA) is 76.1 Å². The van der Waals surface area contributed by atoms with Gasteiger partial charge in [0.05, 0.1) is 10.6 Å². The van der Waals surface area contributed by atoms with Crippen LogP contribution in [0, 0.1) is 12.7 Å². The fraction of sp³-hybridized carbons (Fsp3) is 0.0769. The van der Waals surface area contributed by atoms with Crippen molar-refractivity contribution in [2.75, 3.05) is 11.6 Å². The number of aromatic nitrogens is 1. The first kappa shape index (κ1) is 22.4. The van der Waals surface area contributed by atoms with Gasteiger partial charge < -0.3 is 5.32 Å². The first-order valence-corrected chi connectivity index (χ1v) is 12.0. The van der Waals surface area contributed by atoms with Crippen LogP contribution in [-0.4, -0.2) is 25.6 Å². The lowest BCUT2D eigenvalue weighted by molar-refractivity contribution is 0.102. The summed E-state index contributed by atoms with van der Waals surface area (Å²) in [7, 11) is -3.52. The molecule has 7 heteroatoms. The van der Waals surface area contributed by atoms with E-state index in [1.54, 1.807) is 31.3 Å². The van der Waals surface area contributed by atoms with Gasteiger partial charge in [-0.15, -0.1) is 0 Å². The van der Waals surface area contributed by atoms with E-state index in [4.69, 9.17) is 0 Å². The molecule has 4 aromatic rings.